The lowest BCUT2D eigenvalue weighted by Gasteiger charge is -2.11. The first kappa shape index (κ1) is 15.4. The van der Waals surface area contributed by atoms with E-state index in [2.05, 4.69) is 88.4 Å². The quantitative estimate of drug-likeness (QED) is 0.495. The number of imidazole rings is 1. The number of aromatic nitrogens is 2. The van der Waals surface area contributed by atoms with Gasteiger partial charge in [0.05, 0.1) is 0 Å². The molecule has 0 fully saturated rings. The highest BCUT2D eigenvalue weighted by Gasteiger charge is 2.08. The number of hydrogen-bond donors (Lipinski definition) is 0. The highest BCUT2D eigenvalue weighted by Crippen LogP contribution is 2.26. The molecule has 0 aliphatic carbocycles. The Balaban J connectivity index is 1.69. The summed E-state index contributed by atoms with van der Waals surface area (Å²) in [7, 11) is 2.03. The van der Waals surface area contributed by atoms with E-state index in [0.717, 1.165) is 17.8 Å². The lowest BCUT2D eigenvalue weighted by molar-refractivity contribution is 0.924. The zero-order valence-electron chi connectivity index (χ0n) is 14.3. The second-order valence-electron chi connectivity index (χ2n) is 6.26. The number of hydrogen-bond acceptors (Lipinski definition) is 1. The van der Waals surface area contributed by atoms with Gasteiger partial charge in [0.25, 0.3) is 0 Å². The molecule has 0 spiro atoms. The second kappa shape index (κ2) is 6.78. The van der Waals surface area contributed by atoms with Crippen molar-refractivity contribution in [3.8, 4) is 22.5 Å². The smallest absolute Gasteiger partial charge is 0.139 e. The van der Waals surface area contributed by atoms with Gasteiger partial charge in [-0.1, -0.05) is 72.8 Å². The van der Waals surface area contributed by atoms with Crippen molar-refractivity contribution in [1.82, 2.24) is 9.55 Å². The van der Waals surface area contributed by atoms with Crippen LogP contribution in [0.2, 0.25) is 0 Å². The van der Waals surface area contributed by atoms with Crippen LogP contribution in [-0.2, 0) is 13.5 Å². The summed E-state index contributed by atoms with van der Waals surface area (Å²) < 4.78 is 2.05. The van der Waals surface area contributed by atoms with E-state index in [9.17, 15) is 0 Å². The van der Waals surface area contributed by atoms with Gasteiger partial charge in [0, 0.05) is 25.0 Å². The molecule has 0 atom stereocenters. The number of nitrogens with zero attached hydrogens (tertiary/aromatic N) is 2. The SMILES string of the molecule is Cn1ccnc1-c1cccc(Cc2ccccc2-c2ccccc2)c1. The Labute approximate surface area is 148 Å². The highest BCUT2D eigenvalue weighted by molar-refractivity contribution is 5.68. The van der Waals surface area contributed by atoms with Gasteiger partial charge < -0.3 is 4.57 Å². The van der Waals surface area contributed by atoms with Gasteiger partial charge in [0.1, 0.15) is 5.82 Å². The van der Waals surface area contributed by atoms with Crippen LogP contribution in [0.3, 0.4) is 0 Å². The molecule has 0 saturated carbocycles. The molecule has 0 aliphatic rings. The zero-order valence-corrected chi connectivity index (χ0v) is 14.3. The van der Waals surface area contributed by atoms with Gasteiger partial charge in [-0.05, 0) is 34.7 Å². The van der Waals surface area contributed by atoms with Crippen LogP contribution in [0.4, 0.5) is 0 Å². The van der Waals surface area contributed by atoms with E-state index in [1.54, 1.807) is 0 Å². The Morgan fingerprint density at radius 1 is 0.800 bits per heavy atom. The molecule has 1 aromatic heterocycles. The third-order valence-corrected chi connectivity index (χ3v) is 4.50. The minimum Gasteiger partial charge on any atom is -0.334 e. The Morgan fingerprint density at radius 3 is 2.36 bits per heavy atom. The molecule has 3 aromatic carbocycles. The molecule has 0 saturated heterocycles. The maximum Gasteiger partial charge on any atom is 0.139 e. The first-order chi connectivity index (χ1) is 12.3. The van der Waals surface area contributed by atoms with Gasteiger partial charge in [-0.3, -0.25) is 0 Å². The molecule has 2 heteroatoms. The minimum absolute atomic E-state index is 0.906. The third kappa shape index (κ3) is 3.24. The number of aryl methyl sites for hydroxylation is 1. The Hall–Kier alpha value is -3.13. The Bertz CT molecular complexity index is 984. The van der Waals surface area contributed by atoms with Crippen LogP contribution in [0.15, 0.2) is 91.3 Å². The highest BCUT2D eigenvalue weighted by atomic mass is 15.0. The van der Waals surface area contributed by atoms with Crippen molar-refractivity contribution in [1.29, 1.82) is 0 Å². The second-order valence-corrected chi connectivity index (χ2v) is 6.26. The summed E-state index contributed by atoms with van der Waals surface area (Å²) in [6.45, 7) is 0. The fourth-order valence-electron chi connectivity index (χ4n) is 3.26. The lowest BCUT2D eigenvalue weighted by atomic mass is 9.94. The number of benzene rings is 3. The Morgan fingerprint density at radius 2 is 1.56 bits per heavy atom. The van der Waals surface area contributed by atoms with E-state index >= 15 is 0 Å². The predicted octanol–water partition coefficient (Wildman–Crippen LogP) is 5.34. The summed E-state index contributed by atoms with van der Waals surface area (Å²) in [5, 5.41) is 0. The summed E-state index contributed by atoms with van der Waals surface area (Å²) in [6.07, 6.45) is 4.72. The molecule has 4 rings (SSSR count). The molecular weight excluding hydrogens is 304 g/mol. The third-order valence-electron chi connectivity index (χ3n) is 4.50. The van der Waals surface area contributed by atoms with Crippen LogP contribution in [-0.4, -0.2) is 9.55 Å². The average Bonchev–Trinajstić information content (AvgIpc) is 3.09. The molecule has 0 aliphatic heterocycles. The van der Waals surface area contributed by atoms with Gasteiger partial charge in [0.2, 0.25) is 0 Å². The predicted molar refractivity (Wildman–Crippen MR) is 103 cm³/mol. The fourth-order valence-corrected chi connectivity index (χ4v) is 3.26. The van der Waals surface area contributed by atoms with Crippen LogP contribution in [0.5, 0.6) is 0 Å². The summed E-state index contributed by atoms with van der Waals surface area (Å²) in [5.41, 5.74) is 6.35. The van der Waals surface area contributed by atoms with E-state index in [1.807, 2.05) is 19.4 Å². The van der Waals surface area contributed by atoms with Gasteiger partial charge >= 0.3 is 0 Å². The van der Waals surface area contributed by atoms with E-state index < -0.39 is 0 Å². The van der Waals surface area contributed by atoms with Crippen LogP contribution < -0.4 is 0 Å². The Kier molecular flexibility index (Phi) is 4.17. The summed E-state index contributed by atoms with van der Waals surface area (Å²) in [5.74, 6) is 0.998. The van der Waals surface area contributed by atoms with Crippen molar-refractivity contribution in [2.45, 2.75) is 6.42 Å². The molecular formula is C23H20N2. The molecule has 0 unspecified atom stereocenters. The van der Waals surface area contributed by atoms with Crippen molar-refractivity contribution in [2.75, 3.05) is 0 Å². The van der Waals surface area contributed by atoms with Gasteiger partial charge in [-0.2, -0.15) is 0 Å². The van der Waals surface area contributed by atoms with Crippen molar-refractivity contribution >= 4 is 0 Å². The van der Waals surface area contributed by atoms with Gasteiger partial charge in [-0.15, -0.1) is 0 Å². The van der Waals surface area contributed by atoms with Crippen LogP contribution >= 0.6 is 0 Å². The molecule has 25 heavy (non-hydrogen) atoms. The van der Waals surface area contributed by atoms with E-state index in [1.165, 1.54) is 22.3 Å². The number of rotatable bonds is 4. The van der Waals surface area contributed by atoms with Gasteiger partial charge in [-0.25, -0.2) is 4.98 Å². The lowest BCUT2D eigenvalue weighted by Crippen LogP contribution is -1.95. The average molecular weight is 324 g/mol. The zero-order chi connectivity index (χ0) is 17.1. The molecule has 2 nitrogen and oxygen atoms in total. The molecule has 4 aromatic rings. The monoisotopic (exact) mass is 324 g/mol. The maximum atomic E-state index is 4.46. The minimum atomic E-state index is 0.906. The van der Waals surface area contributed by atoms with Crippen molar-refractivity contribution in [2.24, 2.45) is 7.05 Å². The first-order valence-electron chi connectivity index (χ1n) is 8.51. The van der Waals surface area contributed by atoms with Crippen LogP contribution in [0, 0.1) is 0 Å². The standard InChI is InChI=1S/C23H20N2/c1-25-15-14-24-23(25)21-12-7-8-18(17-21)16-20-11-5-6-13-22(20)19-9-3-2-4-10-19/h2-15,17H,16H2,1H3. The molecule has 0 N–H and O–H groups in total. The molecule has 0 bridgehead atoms. The summed E-state index contributed by atoms with van der Waals surface area (Å²) in [4.78, 5) is 4.46. The van der Waals surface area contributed by atoms with E-state index in [0.29, 0.717) is 0 Å². The largest absolute Gasteiger partial charge is 0.334 e. The van der Waals surface area contributed by atoms with E-state index in [4.69, 9.17) is 0 Å². The fraction of sp³-hybridized carbons (Fsp3) is 0.0870. The van der Waals surface area contributed by atoms with Crippen molar-refractivity contribution in [3.63, 3.8) is 0 Å². The molecule has 1 heterocycles. The van der Waals surface area contributed by atoms with E-state index in [-0.39, 0.29) is 0 Å². The summed E-state index contributed by atoms with van der Waals surface area (Å²) in [6, 6.07) is 27.9. The molecule has 0 radical (unpaired) electrons. The van der Waals surface area contributed by atoms with Gasteiger partial charge in [0.15, 0.2) is 0 Å². The van der Waals surface area contributed by atoms with Crippen molar-refractivity contribution < 1.29 is 0 Å². The first-order valence-corrected chi connectivity index (χ1v) is 8.51. The topological polar surface area (TPSA) is 17.8 Å². The van der Waals surface area contributed by atoms with Crippen LogP contribution in [0.25, 0.3) is 22.5 Å². The molecule has 0 amide bonds. The summed E-state index contributed by atoms with van der Waals surface area (Å²) >= 11 is 0. The maximum absolute atomic E-state index is 4.46. The van der Waals surface area contributed by atoms with Crippen LogP contribution in [0.1, 0.15) is 11.1 Å². The van der Waals surface area contributed by atoms with Crippen molar-refractivity contribution in [3.05, 3.63) is 102 Å². The molecule has 122 valence electrons. The normalized spacial score (nSPS) is 10.8.